The van der Waals surface area contributed by atoms with Crippen molar-refractivity contribution in [1.29, 1.82) is 0 Å². The standard InChI is InChI=1S/C23H26N2O5/c1-28-16-6-5-13-17(18(16)29-2)24-22(20(27)30-3)9-8-21-7-4-10-25-12-14(15(26)11-21)23(13,22)19(21)25/h4-7,14,19,24H,8-12H2,1-3H3/t14?,19-,21+,22+,23-/m0/s1. The van der Waals surface area contributed by atoms with Gasteiger partial charge in [0.05, 0.1) is 32.4 Å². The van der Waals surface area contributed by atoms with E-state index in [-0.39, 0.29) is 29.1 Å². The SMILES string of the molecule is COC(=O)[C@]12CC[C@]34C=CCN5CC(C(=O)C3)[C@@]1(c1ccc(OC)c(OC)c1N2)[C@@H]54. The molecule has 3 heterocycles. The van der Waals surface area contributed by atoms with E-state index in [0.29, 0.717) is 30.9 Å². The molecule has 1 aromatic rings. The van der Waals surface area contributed by atoms with Gasteiger partial charge in [-0.3, -0.25) is 9.69 Å². The van der Waals surface area contributed by atoms with E-state index < -0.39 is 11.0 Å². The molecule has 1 N–H and O–H groups in total. The van der Waals surface area contributed by atoms with Gasteiger partial charge in [-0.25, -0.2) is 4.79 Å². The van der Waals surface area contributed by atoms with Crippen molar-refractivity contribution in [3.8, 4) is 11.5 Å². The summed E-state index contributed by atoms with van der Waals surface area (Å²) in [6.45, 7) is 1.47. The Morgan fingerprint density at radius 3 is 2.77 bits per heavy atom. The number of carbonyl (C=O) groups is 2. The molecule has 5 aliphatic rings. The molecule has 0 radical (unpaired) electrons. The lowest BCUT2D eigenvalue weighted by atomic mass is 9.42. The highest BCUT2D eigenvalue weighted by molar-refractivity contribution is 5.99. The van der Waals surface area contributed by atoms with Crippen molar-refractivity contribution in [3.05, 3.63) is 29.8 Å². The number of ether oxygens (including phenoxy) is 3. The Balaban J connectivity index is 1.72. The molecule has 4 bridgehead atoms. The molecule has 1 aromatic carbocycles. The first kappa shape index (κ1) is 18.2. The largest absolute Gasteiger partial charge is 0.493 e. The molecular weight excluding hydrogens is 384 g/mol. The maximum Gasteiger partial charge on any atom is 0.332 e. The number of benzene rings is 1. The molecular formula is C23H26N2O5. The minimum absolute atomic E-state index is 0.0670. The van der Waals surface area contributed by atoms with Gasteiger partial charge in [0.2, 0.25) is 0 Å². The average Bonchev–Trinajstić information content (AvgIpc) is 3.25. The van der Waals surface area contributed by atoms with Crippen LogP contribution in [0.3, 0.4) is 0 Å². The summed E-state index contributed by atoms with van der Waals surface area (Å²) >= 11 is 0. The summed E-state index contributed by atoms with van der Waals surface area (Å²) < 4.78 is 16.7. The number of fused-ring (bicyclic) bond motifs is 1. The number of carbonyl (C=O) groups excluding carboxylic acids is 2. The van der Waals surface area contributed by atoms with E-state index in [1.165, 1.54) is 7.11 Å². The zero-order chi connectivity index (χ0) is 20.9. The minimum atomic E-state index is -1.00. The summed E-state index contributed by atoms with van der Waals surface area (Å²) in [5.41, 5.74) is -0.188. The molecule has 2 aliphatic carbocycles. The van der Waals surface area contributed by atoms with Gasteiger partial charge in [0.1, 0.15) is 11.3 Å². The van der Waals surface area contributed by atoms with E-state index in [1.54, 1.807) is 14.2 Å². The number of anilines is 1. The first-order valence-corrected chi connectivity index (χ1v) is 10.6. The maximum atomic E-state index is 13.6. The van der Waals surface area contributed by atoms with E-state index >= 15 is 0 Å². The Morgan fingerprint density at radius 2 is 2.03 bits per heavy atom. The quantitative estimate of drug-likeness (QED) is 0.602. The predicted molar refractivity (Wildman–Crippen MR) is 109 cm³/mol. The predicted octanol–water partition coefficient (Wildman–Crippen LogP) is 1.90. The smallest absolute Gasteiger partial charge is 0.332 e. The van der Waals surface area contributed by atoms with Crippen molar-refractivity contribution in [2.24, 2.45) is 11.3 Å². The maximum absolute atomic E-state index is 13.6. The molecule has 5 atom stereocenters. The molecule has 7 heteroatoms. The molecule has 1 saturated heterocycles. The van der Waals surface area contributed by atoms with Crippen LogP contribution in [-0.2, 0) is 19.7 Å². The molecule has 6 rings (SSSR count). The van der Waals surface area contributed by atoms with Gasteiger partial charge in [0.15, 0.2) is 11.5 Å². The molecule has 3 fully saturated rings. The van der Waals surface area contributed by atoms with E-state index in [9.17, 15) is 9.59 Å². The van der Waals surface area contributed by atoms with Crippen LogP contribution in [0, 0.1) is 11.3 Å². The van der Waals surface area contributed by atoms with Gasteiger partial charge in [-0.1, -0.05) is 18.2 Å². The van der Waals surface area contributed by atoms with E-state index in [1.807, 2.05) is 12.1 Å². The van der Waals surface area contributed by atoms with Crippen LogP contribution in [0.15, 0.2) is 24.3 Å². The monoisotopic (exact) mass is 410 g/mol. The second-order valence-corrected chi connectivity index (χ2v) is 9.30. The summed E-state index contributed by atoms with van der Waals surface area (Å²) in [7, 11) is 4.64. The highest BCUT2D eigenvalue weighted by Crippen LogP contribution is 2.72. The van der Waals surface area contributed by atoms with Gasteiger partial charge in [0, 0.05) is 36.9 Å². The van der Waals surface area contributed by atoms with Crippen LogP contribution in [0.4, 0.5) is 5.69 Å². The fraction of sp³-hybridized carbons (Fsp3) is 0.565. The lowest BCUT2D eigenvalue weighted by Crippen LogP contribution is -2.75. The number of ketones is 1. The molecule has 7 nitrogen and oxygen atoms in total. The topological polar surface area (TPSA) is 77.1 Å². The highest BCUT2D eigenvalue weighted by atomic mass is 16.5. The van der Waals surface area contributed by atoms with Crippen molar-refractivity contribution in [1.82, 2.24) is 4.90 Å². The fourth-order valence-electron chi connectivity index (χ4n) is 7.73. The first-order chi connectivity index (χ1) is 14.5. The number of methoxy groups -OCH3 is 3. The summed E-state index contributed by atoms with van der Waals surface area (Å²) in [5, 5.41) is 3.57. The lowest BCUT2D eigenvalue weighted by molar-refractivity contribution is -0.159. The second-order valence-electron chi connectivity index (χ2n) is 9.30. The van der Waals surface area contributed by atoms with Crippen LogP contribution >= 0.6 is 0 Å². The van der Waals surface area contributed by atoms with E-state index in [4.69, 9.17) is 14.2 Å². The number of nitrogens with zero attached hydrogens (tertiary/aromatic N) is 1. The van der Waals surface area contributed by atoms with Crippen LogP contribution in [-0.4, -0.2) is 62.7 Å². The van der Waals surface area contributed by atoms with E-state index in [2.05, 4.69) is 22.4 Å². The molecule has 3 aliphatic heterocycles. The number of rotatable bonds is 3. The molecule has 0 amide bonds. The number of Topliss-reactive ketones (excluding diaryl/α,β-unsaturated/α-hetero) is 1. The molecule has 158 valence electrons. The molecule has 1 spiro atoms. The van der Waals surface area contributed by atoms with Crippen molar-refractivity contribution in [3.63, 3.8) is 0 Å². The van der Waals surface area contributed by atoms with Gasteiger partial charge in [-0.05, 0) is 24.5 Å². The molecule has 0 aromatic heterocycles. The number of hydrogen-bond donors (Lipinski definition) is 1. The summed E-state index contributed by atoms with van der Waals surface area (Å²) in [6, 6.07) is 3.98. The Kier molecular flexibility index (Phi) is 3.39. The van der Waals surface area contributed by atoms with Crippen molar-refractivity contribution in [2.75, 3.05) is 39.7 Å². The summed E-state index contributed by atoms with van der Waals surface area (Å²) in [5.74, 6) is 0.858. The second kappa shape index (κ2) is 5.58. The summed E-state index contributed by atoms with van der Waals surface area (Å²) in [6.07, 6.45) is 6.39. The van der Waals surface area contributed by atoms with Gasteiger partial charge in [-0.2, -0.15) is 0 Å². The first-order valence-electron chi connectivity index (χ1n) is 10.6. The Labute approximate surface area is 175 Å². The van der Waals surface area contributed by atoms with Crippen LogP contribution in [0.1, 0.15) is 24.8 Å². The van der Waals surface area contributed by atoms with Gasteiger partial charge in [-0.15, -0.1) is 0 Å². The number of hydrogen-bond acceptors (Lipinski definition) is 7. The number of esters is 1. The zero-order valence-corrected chi connectivity index (χ0v) is 17.5. The van der Waals surface area contributed by atoms with Crippen LogP contribution < -0.4 is 14.8 Å². The van der Waals surface area contributed by atoms with Crippen molar-refractivity contribution < 1.29 is 23.8 Å². The minimum Gasteiger partial charge on any atom is -0.493 e. The summed E-state index contributed by atoms with van der Waals surface area (Å²) in [4.78, 5) is 29.5. The van der Waals surface area contributed by atoms with Crippen LogP contribution in [0.5, 0.6) is 11.5 Å². The third-order valence-corrected chi connectivity index (χ3v) is 8.52. The van der Waals surface area contributed by atoms with Crippen LogP contribution in [0.25, 0.3) is 0 Å². The number of nitrogens with one attached hydrogen (secondary N) is 1. The molecule has 2 saturated carbocycles. The van der Waals surface area contributed by atoms with E-state index in [0.717, 1.165) is 24.2 Å². The average molecular weight is 410 g/mol. The van der Waals surface area contributed by atoms with Crippen LogP contribution in [0.2, 0.25) is 0 Å². The Bertz CT molecular complexity index is 1020. The van der Waals surface area contributed by atoms with Crippen molar-refractivity contribution in [2.45, 2.75) is 36.3 Å². The Morgan fingerprint density at radius 1 is 1.20 bits per heavy atom. The molecule has 30 heavy (non-hydrogen) atoms. The zero-order valence-electron chi connectivity index (χ0n) is 17.5. The van der Waals surface area contributed by atoms with Crippen molar-refractivity contribution >= 4 is 17.4 Å². The molecule has 1 unspecified atom stereocenters. The lowest BCUT2D eigenvalue weighted by Gasteiger charge is -2.62. The van der Waals surface area contributed by atoms with Gasteiger partial charge in [0.25, 0.3) is 0 Å². The van der Waals surface area contributed by atoms with Gasteiger partial charge < -0.3 is 19.5 Å². The van der Waals surface area contributed by atoms with Gasteiger partial charge >= 0.3 is 5.97 Å². The highest BCUT2D eigenvalue weighted by Gasteiger charge is 2.81. The third-order valence-electron chi connectivity index (χ3n) is 8.52. The Hall–Kier alpha value is -2.54. The fourth-order valence-corrected chi connectivity index (χ4v) is 7.73. The normalized spacial score (nSPS) is 39.8. The third kappa shape index (κ3) is 1.67.